The van der Waals surface area contributed by atoms with Gasteiger partial charge in [0.05, 0.1) is 19.2 Å². The van der Waals surface area contributed by atoms with Gasteiger partial charge in [-0.15, -0.1) is 0 Å². The molecule has 3 aromatic rings. The standard InChI is InChI=1S/C21H20N2O3/c1-14(21(25)23-22-13-18-5-3-4-6-20(18)24)15-7-8-17-12-19(26-2)10-9-16(17)11-15/h3-14,24H,1-2H3,(H,23,25)/b22-13+/t14-/m1/s1. The predicted molar refractivity (Wildman–Crippen MR) is 103 cm³/mol. The monoisotopic (exact) mass is 348 g/mol. The number of methoxy groups -OCH3 is 1. The van der Waals surface area contributed by atoms with Crippen LogP contribution in [0.5, 0.6) is 11.5 Å². The molecule has 0 saturated heterocycles. The molecule has 0 bridgehead atoms. The molecule has 0 aliphatic heterocycles. The number of benzene rings is 3. The lowest BCUT2D eigenvalue weighted by Crippen LogP contribution is -2.23. The molecule has 0 unspecified atom stereocenters. The summed E-state index contributed by atoms with van der Waals surface area (Å²) in [6, 6.07) is 18.5. The molecule has 1 atom stereocenters. The van der Waals surface area contributed by atoms with Crippen molar-refractivity contribution < 1.29 is 14.6 Å². The summed E-state index contributed by atoms with van der Waals surface area (Å²) in [5.74, 6) is 0.339. The summed E-state index contributed by atoms with van der Waals surface area (Å²) < 4.78 is 5.23. The number of nitrogens with one attached hydrogen (secondary N) is 1. The molecule has 5 nitrogen and oxygen atoms in total. The quantitative estimate of drug-likeness (QED) is 0.544. The summed E-state index contributed by atoms with van der Waals surface area (Å²) in [6.45, 7) is 1.83. The molecule has 1 amide bonds. The van der Waals surface area contributed by atoms with Crippen LogP contribution in [-0.4, -0.2) is 24.3 Å². The van der Waals surface area contributed by atoms with E-state index in [1.54, 1.807) is 31.4 Å². The van der Waals surface area contributed by atoms with Crippen LogP contribution in [0.15, 0.2) is 65.8 Å². The fourth-order valence-electron chi connectivity index (χ4n) is 2.65. The van der Waals surface area contributed by atoms with E-state index in [1.165, 1.54) is 6.21 Å². The first-order valence-electron chi connectivity index (χ1n) is 8.27. The Kier molecular flexibility index (Phi) is 5.17. The van der Waals surface area contributed by atoms with E-state index in [1.807, 2.05) is 43.3 Å². The normalized spacial score (nSPS) is 12.2. The third kappa shape index (κ3) is 3.83. The minimum Gasteiger partial charge on any atom is -0.507 e. The zero-order valence-electron chi connectivity index (χ0n) is 14.6. The van der Waals surface area contributed by atoms with Crippen LogP contribution >= 0.6 is 0 Å². The molecule has 3 aromatic carbocycles. The van der Waals surface area contributed by atoms with Gasteiger partial charge in [-0.05, 0) is 47.5 Å². The lowest BCUT2D eigenvalue weighted by atomic mass is 9.97. The summed E-state index contributed by atoms with van der Waals surface area (Å²) in [4.78, 5) is 12.3. The summed E-state index contributed by atoms with van der Waals surface area (Å²) in [6.07, 6.45) is 1.42. The highest BCUT2D eigenvalue weighted by atomic mass is 16.5. The number of phenolic OH excluding ortho intramolecular Hbond substituents is 1. The van der Waals surface area contributed by atoms with Gasteiger partial charge in [0.1, 0.15) is 11.5 Å². The SMILES string of the molecule is COc1ccc2cc([C@@H](C)C(=O)N/N=C/c3ccccc3O)ccc2c1. The van der Waals surface area contributed by atoms with Crippen LogP contribution < -0.4 is 10.2 Å². The number of para-hydroxylation sites is 1. The van der Waals surface area contributed by atoms with Gasteiger partial charge in [-0.2, -0.15) is 5.10 Å². The molecule has 0 saturated carbocycles. The molecular formula is C21H20N2O3. The third-order valence-corrected chi connectivity index (χ3v) is 4.28. The Morgan fingerprint density at radius 3 is 2.62 bits per heavy atom. The molecule has 0 radical (unpaired) electrons. The van der Waals surface area contributed by atoms with Gasteiger partial charge in [0.15, 0.2) is 0 Å². The fourth-order valence-corrected chi connectivity index (χ4v) is 2.65. The van der Waals surface area contributed by atoms with Crippen LogP contribution in [0.3, 0.4) is 0 Å². The molecule has 0 aliphatic carbocycles. The van der Waals surface area contributed by atoms with Crippen LogP contribution in [0.4, 0.5) is 0 Å². The van der Waals surface area contributed by atoms with Gasteiger partial charge < -0.3 is 9.84 Å². The summed E-state index contributed by atoms with van der Waals surface area (Å²) in [5.41, 5.74) is 3.96. The Labute approximate surface area is 151 Å². The number of nitrogens with zero attached hydrogens (tertiary/aromatic N) is 1. The maximum Gasteiger partial charge on any atom is 0.247 e. The topological polar surface area (TPSA) is 70.9 Å². The molecule has 0 fully saturated rings. The Balaban J connectivity index is 1.72. The van der Waals surface area contributed by atoms with E-state index in [9.17, 15) is 9.90 Å². The van der Waals surface area contributed by atoms with Crippen molar-refractivity contribution in [3.8, 4) is 11.5 Å². The number of carbonyl (C=O) groups is 1. The van der Waals surface area contributed by atoms with Gasteiger partial charge in [0.2, 0.25) is 5.91 Å². The van der Waals surface area contributed by atoms with Crippen molar-refractivity contribution in [3.63, 3.8) is 0 Å². The van der Waals surface area contributed by atoms with Crippen molar-refractivity contribution in [2.24, 2.45) is 5.10 Å². The van der Waals surface area contributed by atoms with Gasteiger partial charge in [-0.1, -0.05) is 36.4 Å². The Morgan fingerprint density at radius 1 is 1.12 bits per heavy atom. The summed E-state index contributed by atoms with van der Waals surface area (Å²) in [5, 5.41) is 15.7. The van der Waals surface area contributed by atoms with E-state index >= 15 is 0 Å². The molecule has 26 heavy (non-hydrogen) atoms. The number of carbonyl (C=O) groups excluding carboxylic acids is 1. The van der Waals surface area contributed by atoms with E-state index in [0.29, 0.717) is 5.56 Å². The van der Waals surface area contributed by atoms with Crippen LogP contribution in [-0.2, 0) is 4.79 Å². The molecule has 3 rings (SSSR count). The van der Waals surface area contributed by atoms with Gasteiger partial charge in [-0.3, -0.25) is 4.79 Å². The van der Waals surface area contributed by atoms with Crippen molar-refractivity contribution in [2.75, 3.05) is 7.11 Å². The van der Waals surface area contributed by atoms with E-state index in [4.69, 9.17) is 4.74 Å². The lowest BCUT2D eigenvalue weighted by molar-refractivity contribution is -0.122. The molecule has 5 heteroatoms. The first-order valence-corrected chi connectivity index (χ1v) is 8.27. The van der Waals surface area contributed by atoms with Crippen LogP contribution in [0.25, 0.3) is 10.8 Å². The van der Waals surface area contributed by atoms with Crippen molar-refractivity contribution in [3.05, 3.63) is 71.8 Å². The molecule has 0 heterocycles. The lowest BCUT2D eigenvalue weighted by Gasteiger charge is -2.11. The third-order valence-electron chi connectivity index (χ3n) is 4.28. The van der Waals surface area contributed by atoms with E-state index in [0.717, 1.165) is 22.1 Å². The fraction of sp³-hybridized carbons (Fsp3) is 0.143. The molecular weight excluding hydrogens is 328 g/mol. The van der Waals surface area contributed by atoms with Gasteiger partial charge >= 0.3 is 0 Å². The predicted octanol–water partition coefficient (Wildman–Crippen LogP) is 3.81. The average molecular weight is 348 g/mol. The van der Waals surface area contributed by atoms with E-state index < -0.39 is 0 Å². The molecule has 0 aliphatic rings. The zero-order valence-corrected chi connectivity index (χ0v) is 14.6. The van der Waals surface area contributed by atoms with Crippen molar-refractivity contribution >= 4 is 22.9 Å². The second-order valence-corrected chi connectivity index (χ2v) is 5.99. The number of fused-ring (bicyclic) bond motifs is 1. The van der Waals surface area contributed by atoms with Crippen LogP contribution in [0.1, 0.15) is 24.0 Å². The maximum absolute atomic E-state index is 12.3. The smallest absolute Gasteiger partial charge is 0.247 e. The second kappa shape index (κ2) is 7.70. The second-order valence-electron chi connectivity index (χ2n) is 5.99. The van der Waals surface area contributed by atoms with Crippen molar-refractivity contribution in [1.29, 1.82) is 0 Å². The highest BCUT2D eigenvalue weighted by Crippen LogP contribution is 2.25. The van der Waals surface area contributed by atoms with Crippen molar-refractivity contribution in [2.45, 2.75) is 12.8 Å². The maximum atomic E-state index is 12.3. The molecule has 132 valence electrons. The van der Waals surface area contributed by atoms with E-state index in [2.05, 4.69) is 10.5 Å². The number of hydrazone groups is 1. The summed E-state index contributed by atoms with van der Waals surface area (Å²) >= 11 is 0. The highest BCUT2D eigenvalue weighted by molar-refractivity contribution is 5.89. The van der Waals surface area contributed by atoms with Crippen molar-refractivity contribution in [1.82, 2.24) is 5.43 Å². The minimum atomic E-state index is -0.358. The number of phenols is 1. The summed E-state index contributed by atoms with van der Waals surface area (Å²) in [7, 11) is 1.64. The number of hydrogen-bond acceptors (Lipinski definition) is 4. The Hall–Kier alpha value is -3.34. The number of rotatable bonds is 5. The largest absolute Gasteiger partial charge is 0.507 e. The first kappa shape index (κ1) is 17.5. The van der Waals surface area contributed by atoms with E-state index in [-0.39, 0.29) is 17.6 Å². The number of aromatic hydroxyl groups is 1. The number of amides is 1. The highest BCUT2D eigenvalue weighted by Gasteiger charge is 2.15. The number of ether oxygens (including phenoxy) is 1. The average Bonchev–Trinajstić information content (AvgIpc) is 2.67. The Morgan fingerprint density at radius 2 is 1.85 bits per heavy atom. The number of hydrogen-bond donors (Lipinski definition) is 2. The van der Waals surface area contributed by atoms with Gasteiger partial charge in [-0.25, -0.2) is 5.43 Å². The Bertz CT molecular complexity index is 966. The first-order chi connectivity index (χ1) is 12.6. The van der Waals surface area contributed by atoms with Gasteiger partial charge in [0, 0.05) is 5.56 Å². The zero-order chi connectivity index (χ0) is 18.5. The minimum absolute atomic E-state index is 0.114. The van der Waals surface area contributed by atoms with Crippen LogP contribution in [0, 0.1) is 0 Å². The molecule has 0 spiro atoms. The van der Waals surface area contributed by atoms with Gasteiger partial charge in [0.25, 0.3) is 0 Å². The molecule has 2 N–H and O–H groups in total. The van der Waals surface area contributed by atoms with Crippen LogP contribution in [0.2, 0.25) is 0 Å². The molecule has 0 aromatic heterocycles.